The Bertz CT molecular complexity index is 501. The molecule has 0 saturated heterocycles. The molecule has 5 heteroatoms. The van der Waals surface area contributed by atoms with Crippen molar-refractivity contribution in [3.8, 4) is 0 Å². The highest BCUT2D eigenvalue weighted by Gasteiger charge is 2.02. The number of carbonyl (C=O) groups excluding carboxylic acids is 1. The Morgan fingerprint density at radius 2 is 1.89 bits per heavy atom. The van der Waals surface area contributed by atoms with Gasteiger partial charge < -0.3 is 10.6 Å². The van der Waals surface area contributed by atoms with Gasteiger partial charge in [0.1, 0.15) is 0 Å². The highest BCUT2D eigenvalue weighted by Crippen LogP contribution is 1.95. The maximum absolute atomic E-state index is 11.7. The zero-order valence-electron chi connectivity index (χ0n) is 10.5. The van der Waals surface area contributed by atoms with Gasteiger partial charge in [-0.15, -0.1) is 0 Å². The molecule has 0 radical (unpaired) electrons. The molecule has 0 bridgehead atoms. The highest BCUT2D eigenvalue weighted by atomic mass is 16.1. The van der Waals surface area contributed by atoms with Crippen LogP contribution in [0, 0.1) is 0 Å². The third-order valence-electron chi connectivity index (χ3n) is 2.59. The van der Waals surface area contributed by atoms with E-state index in [-0.39, 0.29) is 5.91 Å². The molecule has 2 aromatic heterocycles. The molecule has 0 saturated carbocycles. The number of amides is 1. The third-order valence-corrected chi connectivity index (χ3v) is 2.59. The number of nitrogens with zero attached hydrogens (tertiary/aromatic N) is 2. The molecule has 2 N–H and O–H groups in total. The van der Waals surface area contributed by atoms with E-state index in [1.54, 1.807) is 36.9 Å². The van der Waals surface area contributed by atoms with Crippen LogP contribution in [-0.4, -0.2) is 29.0 Å². The lowest BCUT2D eigenvalue weighted by Crippen LogP contribution is -2.31. The summed E-state index contributed by atoms with van der Waals surface area (Å²) >= 11 is 0. The number of rotatable bonds is 6. The molecule has 2 rings (SSSR count). The standard InChI is InChI=1S/C14H16N4O/c19-14(13-2-1-5-16-11-13)18-9-8-17-10-12-3-6-15-7-4-12/h1-7,11,17H,8-10H2,(H,18,19). The number of hydrogen-bond donors (Lipinski definition) is 2. The van der Waals surface area contributed by atoms with Gasteiger partial charge in [0.25, 0.3) is 5.91 Å². The molecule has 2 heterocycles. The van der Waals surface area contributed by atoms with Gasteiger partial charge in [-0.25, -0.2) is 0 Å². The minimum Gasteiger partial charge on any atom is -0.351 e. The average molecular weight is 256 g/mol. The summed E-state index contributed by atoms with van der Waals surface area (Å²) in [5.74, 6) is -0.0983. The van der Waals surface area contributed by atoms with Crippen LogP contribution in [0.3, 0.4) is 0 Å². The van der Waals surface area contributed by atoms with E-state index in [2.05, 4.69) is 20.6 Å². The number of nitrogens with one attached hydrogen (secondary N) is 2. The van der Waals surface area contributed by atoms with E-state index in [1.807, 2.05) is 12.1 Å². The van der Waals surface area contributed by atoms with Crippen molar-refractivity contribution < 1.29 is 4.79 Å². The van der Waals surface area contributed by atoms with Gasteiger partial charge in [0.2, 0.25) is 0 Å². The van der Waals surface area contributed by atoms with Crippen molar-refractivity contribution in [2.24, 2.45) is 0 Å². The van der Waals surface area contributed by atoms with Gasteiger partial charge in [0.15, 0.2) is 0 Å². The molecule has 1 amide bonds. The van der Waals surface area contributed by atoms with Crippen LogP contribution in [0.5, 0.6) is 0 Å². The highest BCUT2D eigenvalue weighted by molar-refractivity contribution is 5.93. The first-order valence-electron chi connectivity index (χ1n) is 6.14. The van der Waals surface area contributed by atoms with Crippen molar-refractivity contribution in [2.75, 3.05) is 13.1 Å². The number of hydrogen-bond acceptors (Lipinski definition) is 4. The third kappa shape index (κ3) is 4.48. The smallest absolute Gasteiger partial charge is 0.252 e. The molecule has 98 valence electrons. The summed E-state index contributed by atoms with van der Waals surface area (Å²) < 4.78 is 0. The first-order chi connectivity index (χ1) is 9.36. The summed E-state index contributed by atoms with van der Waals surface area (Å²) in [7, 11) is 0. The first-order valence-corrected chi connectivity index (χ1v) is 6.14. The average Bonchev–Trinajstić information content (AvgIpc) is 2.49. The molecule has 19 heavy (non-hydrogen) atoms. The Morgan fingerprint density at radius 3 is 2.63 bits per heavy atom. The molecule has 5 nitrogen and oxygen atoms in total. The Balaban J connectivity index is 1.63. The van der Waals surface area contributed by atoms with E-state index < -0.39 is 0 Å². The van der Waals surface area contributed by atoms with Crippen molar-refractivity contribution in [1.29, 1.82) is 0 Å². The molecular formula is C14H16N4O. The summed E-state index contributed by atoms with van der Waals surface area (Å²) in [4.78, 5) is 19.6. The minimum atomic E-state index is -0.0983. The predicted molar refractivity (Wildman–Crippen MR) is 72.5 cm³/mol. The van der Waals surface area contributed by atoms with Crippen molar-refractivity contribution in [2.45, 2.75) is 6.54 Å². The number of aromatic nitrogens is 2. The van der Waals surface area contributed by atoms with Gasteiger partial charge in [-0.1, -0.05) is 0 Å². The second-order valence-corrected chi connectivity index (χ2v) is 4.03. The van der Waals surface area contributed by atoms with Crippen LogP contribution in [-0.2, 0) is 6.54 Å². The summed E-state index contributed by atoms with van der Waals surface area (Å²) in [5.41, 5.74) is 1.75. The zero-order valence-corrected chi connectivity index (χ0v) is 10.5. The summed E-state index contributed by atoms with van der Waals surface area (Å²) in [6.45, 7) is 2.07. The SMILES string of the molecule is O=C(NCCNCc1ccncc1)c1cccnc1. The van der Waals surface area contributed by atoms with Gasteiger partial charge in [-0.3, -0.25) is 14.8 Å². The molecule has 0 aliphatic rings. The van der Waals surface area contributed by atoms with Crippen LogP contribution in [0.1, 0.15) is 15.9 Å². The van der Waals surface area contributed by atoms with E-state index in [0.29, 0.717) is 18.7 Å². The molecule has 0 unspecified atom stereocenters. The van der Waals surface area contributed by atoms with E-state index in [4.69, 9.17) is 0 Å². The van der Waals surface area contributed by atoms with Gasteiger partial charge in [0, 0.05) is 44.4 Å². The van der Waals surface area contributed by atoms with Gasteiger partial charge >= 0.3 is 0 Å². The quantitative estimate of drug-likeness (QED) is 0.757. The van der Waals surface area contributed by atoms with Crippen molar-refractivity contribution in [1.82, 2.24) is 20.6 Å². The van der Waals surface area contributed by atoms with E-state index in [9.17, 15) is 4.79 Å². The maximum atomic E-state index is 11.7. The van der Waals surface area contributed by atoms with E-state index in [0.717, 1.165) is 6.54 Å². The van der Waals surface area contributed by atoms with Crippen LogP contribution in [0.4, 0.5) is 0 Å². The molecule has 2 aromatic rings. The lowest BCUT2D eigenvalue weighted by molar-refractivity contribution is 0.0953. The second-order valence-electron chi connectivity index (χ2n) is 4.03. The topological polar surface area (TPSA) is 66.9 Å². The Kier molecular flexibility index (Phi) is 5.01. The second kappa shape index (κ2) is 7.23. The lowest BCUT2D eigenvalue weighted by Gasteiger charge is -2.06. The van der Waals surface area contributed by atoms with Crippen molar-refractivity contribution in [3.63, 3.8) is 0 Å². The van der Waals surface area contributed by atoms with Crippen molar-refractivity contribution >= 4 is 5.91 Å². The molecule has 0 fully saturated rings. The normalized spacial score (nSPS) is 10.1. The van der Waals surface area contributed by atoms with Gasteiger partial charge in [-0.05, 0) is 29.8 Å². The van der Waals surface area contributed by atoms with E-state index >= 15 is 0 Å². The first kappa shape index (κ1) is 13.2. The number of carbonyl (C=O) groups is 1. The molecule has 0 aromatic carbocycles. The van der Waals surface area contributed by atoms with Crippen LogP contribution in [0.15, 0.2) is 49.1 Å². The Labute approximate surface area is 112 Å². The summed E-state index contributed by atoms with van der Waals surface area (Å²) in [5, 5.41) is 6.08. The molecule has 0 spiro atoms. The zero-order chi connectivity index (χ0) is 13.3. The largest absolute Gasteiger partial charge is 0.351 e. The van der Waals surface area contributed by atoms with E-state index in [1.165, 1.54) is 5.56 Å². The monoisotopic (exact) mass is 256 g/mol. The minimum absolute atomic E-state index is 0.0983. The van der Waals surface area contributed by atoms with Gasteiger partial charge in [-0.2, -0.15) is 0 Å². The summed E-state index contributed by atoms with van der Waals surface area (Å²) in [6.07, 6.45) is 6.73. The Morgan fingerprint density at radius 1 is 1.05 bits per heavy atom. The number of pyridine rings is 2. The van der Waals surface area contributed by atoms with Crippen LogP contribution >= 0.6 is 0 Å². The molecule has 0 atom stereocenters. The summed E-state index contributed by atoms with van der Waals surface area (Å²) in [6, 6.07) is 7.41. The van der Waals surface area contributed by atoms with Crippen LogP contribution < -0.4 is 10.6 Å². The maximum Gasteiger partial charge on any atom is 0.252 e. The molecule has 0 aliphatic heterocycles. The fourth-order valence-electron chi connectivity index (χ4n) is 1.60. The van der Waals surface area contributed by atoms with Gasteiger partial charge in [0.05, 0.1) is 5.56 Å². The van der Waals surface area contributed by atoms with Crippen LogP contribution in [0.25, 0.3) is 0 Å². The van der Waals surface area contributed by atoms with Crippen LogP contribution in [0.2, 0.25) is 0 Å². The predicted octanol–water partition coefficient (Wildman–Crippen LogP) is 0.996. The molecule has 0 aliphatic carbocycles. The van der Waals surface area contributed by atoms with Crippen molar-refractivity contribution in [3.05, 3.63) is 60.2 Å². The lowest BCUT2D eigenvalue weighted by atomic mass is 10.2. The Hall–Kier alpha value is -2.27. The molecular weight excluding hydrogens is 240 g/mol. The fraction of sp³-hybridized carbons (Fsp3) is 0.214. The fourth-order valence-corrected chi connectivity index (χ4v) is 1.60.